The van der Waals surface area contributed by atoms with Crippen LogP contribution in [0.1, 0.15) is 15.2 Å². The van der Waals surface area contributed by atoms with E-state index >= 15 is 0 Å². The van der Waals surface area contributed by atoms with Gasteiger partial charge < -0.3 is 4.74 Å². The van der Waals surface area contributed by atoms with Crippen LogP contribution in [0.5, 0.6) is 0 Å². The molecule has 12 heavy (non-hydrogen) atoms. The van der Waals surface area contributed by atoms with Crippen LogP contribution in [-0.2, 0) is 4.74 Å². The zero-order valence-corrected chi connectivity index (χ0v) is 8.98. The smallest absolute Gasteiger partial charge is 0.348 e. The molecule has 0 spiro atoms. The Kier molecular flexibility index (Phi) is 3.43. The van der Waals surface area contributed by atoms with Gasteiger partial charge in [-0.05, 0) is 40.2 Å². The highest BCUT2D eigenvalue weighted by molar-refractivity contribution is 8.22. The van der Waals surface area contributed by atoms with E-state index in [0.29, 0.717) is 4.88 Å². The van der Waals surface area contributed by atoms with Crippen LogP contribution in [0.15, 0.2) is 10.3 Å². The topological polar surface area (TPSA) is 26.3 Å². The third-order valence-electron chi connectivity index (χ3n) is 1.34. The first-order chi connectivity index (χ1) is 5.69. The molecule has 2 nitrogen and oxygen atoms in total. The summed E-state index contributed by atoms with van der Waals surface area (Å²) < 4.78 is 5.51. The summed E-state index contributed by atoms with van der Waals surface area (Å²) in [5.41, 5.74) is 0.912. The summed E-state index contributed by atoms with van der Waals surface area (Å²) in [6, 6.07) is 1.87. The second kappa shape index (κ2) is 4.16. The van der Waals surface area contributed by atoms with Crippen molar-refractivity contribution in [1.29, 1.82) is 0 Å². The van der Waals surface area contributed by atoms with Crippen LogP contribution in [0, 0.1) is 6.92 Å². The van der Waals surface area contributed by atoms with Crippen LogP contribution in [0.25, 0.3) is 0 Å². The molecule has 0 atom stereocenters. The average molecular weight is 223 g/mol. The largest absolute Gasteiger partial charge is 0.465 e. The van der Waals surface area contributed by atoms with Gasteiger partial charge in [0.2, 0.25) is 0 Å². The number of ether oxygens (including phenoxy) is 1. The summed E-state index contributed by atoms with van der Waals surface area (Å²) in [4.78, 5) is 11.7. The number of esters is 1. The van der Waals surface area contributed by atoms with Crippen molar-refractivity contribution in [3.05, 3.63) is 16.5 Å². The van der Waals surface area contributed by atoms with Crippen molar-refractivity contribution in [1.82, 2.24) is 0 Å². The van der Waals surface area contributed by atoms with E-state index in [9.17, 15) is 4.79 Å². The van der Waals surface area contributed by atoms with Crippen LogP contribution < -0.4 is 0 Å². The first-order valence-corrected chi connectivity index (χ1v) is 5.62. The quantitative estimate of drug-likeness (QED) is 0.720. The summed E-state index contributed by atoms with van der Waals surface area (Å²) in [6.07, 6.45) is 0. The number of rotatable bonds is 2. The zero-order chi connectivity index (χ0) is 9.14. The molecule has 0 aliphatic rings. The molecule has 0 bridgehead atoms. The maximum atomic E-state index is 11.1. The van der Waals surface area contributed by atoms with Crippen molar-refractivity contribution in [3.8, 4) is 0 Å². The second-order valence-corrected chi connectivity index (χ2v) is 4.51. The number of aryl methyl sites for hydroxylation is 1. The van der Waals surface area contributed by atoms with E-state index in [2.05, 4.69) is 4.74 Å². The minimum Gasteiger partial charge on any atom is -0.465 e. The molecule has 0 saturated carbocycles. The lowest BCUT2D eigenvalue weighted by molar-refractivity contribution is 0.0605. The molecule has 1 rings (SSSR count). The van der Waals surface area contributed by atoms with E-state index in [1.165, 1.54) is 18.4 Å². The molecule has 0 aliphatic heterocycles. The SMILES string of the molecule is COC(=O)c1sc(SCl)cc1C. The van der Waals surface area contributed by atoms with Crippen LogP contribution in [0.2, 0.25) is 0 Å². The lowest BCUT2D eigenvalue weighted by atomic mass is 10.3. The van der Waals surface area contributed by atoms with Crippen molar-refractivity contribution in [2.24, 2.45) is 0 Å². The highest BCUT2D eigenvalue weighted by atomic mass is 35.7. The minimum atomic E-state index is -0.297. The summed E-state index contributed by atoms with van der Waals surface area (Å²) in [7, 11) is 8.02. The zero-order valence-electron chi connectivity index (χ0n) is 6.59. The molecule has 5 heteroatoms. The van der Waals surface area contributed by atoms with Crippen LogP contribution in [-0.4, -0.2) is 13.1 Å². The maximum Gasteiger partial charge on any atom is 0.348 e. The van der Waals surface area contributed by atoms with Gasteiger partial charge in [-0.25, -0.2) is 4.79 Å². The first-order valence-electron chi connectivity index (χ1n) is 3.16. The number of methoxy groups -OCH3 is 1. The third-order valence-corrected chi connectivity index (χ3v) is 3.90. The Morgan fingerprint density at radius 3 is 2.83 bits per heavy atom. The molecule has 0 fully saturated rings. The summed E-state index contributed by atoms with van der Waals surface area (Å²) in [6.45, 7) is 1.86. The molecular weight excluding hydrogens is 216 g/mol. The molecule has 66 valence electrons. The lowest BCUT2D eigenvalue weighted by Gasteiger charge is -1.94. The highest BCUT2D eigenvalue weighted by Crippen LogP contribution is 2.32. The van der Waals surface area contributed by atoms with Gasteiger partial charge in [-0.3, -0.25) is 0 Å². The molecule has 1 aromatic rings. The Morgan fingerprint density at radius 2 is 2.42 bits per heavy atom. The van der Waals surface area contributed by atoms with Gasteiger partial charge in [-0.15, -0.1) is 11.3 Å². The van der Waals surface area contributed by atoms with Crippen LogP contribution in [0.4, 0.5) is 0 Å². The number of hydrogen-bond acceptors (Lipinski definition) is 4. The second-order valence-electron chi connectivity index (χ2n) is 2.15. The molecule has 1 heterocycles. The molecule has 0 aliphatic carbocycles. The fraction of sp³-hybridized carbons (Fsp3) is 0.286. The van der Waals surface area contributed by atoms with E-state index < -0.39 is 0 Å². The first kappa shape index (κ1) is 9.89. The molecule has 0 aromatic carbocycles. The number of carbonyl (C=O) groups excluding carboxylic acids is 1. The van der Waals surface area contributed by atoms with Crippen molar-refractivity contribution in [2.45, 2.75) is 11.1 Å². The molecule has 0 amide bonds. The van der Waals surface area contributed by atoms with Gasteiger partial charge >= 0.3 is 5.97 Å². The summed E-state index contributed by atoms with van der Waals surface area (Å²) in [5.74, 6) is -0.297. The number of carbonyl (C=O) groups is 1. The van der Waals surface area contributed by atoms with Gasteiger partial charge in [0.25, 0.3) is 0 Å². The highest BCUT2D eigenvalue weighted by Gasteiger charge is 2.13. The van der Waals surface area contributed by atoms with Crippen molar-refractivity contribution >= 4 is 39.0 Å². The molecule has 0 saturated heterocycles. The Labute approximate surface area is 83.4 Å². The van der Waals surface area contributed by atoms with E-state index in [0.717, 1.165) is 20.7 Å². The molecular formula is C7H7ClO2S2. The summed E-state index contributed by atoms with van der Waals surface area (Å²) in [5, 5.41) is 0. The average Bonchev–Trinajstić information content (AvgIpc) is 2.45. The van der Waals surface area contributed by atoms with E-state index in [-0.39, 0.29) is 5.97 Å². The fourth-order valence-electron chi connectivity index (χ4n) is 0.786. The summed E-state index contributed by atoms with van der Waals surface area (Å²) >= 11 is 1.35. The Balaban J connectivity index is 2.99. The van der Waals surface area contributed by atoms with Crippen LogP contribution >= 0.6 is 33.0 Å². The standard InChI is InChI=1S/C7H7ClO2S2/c1-4-3-5(12-8)11-6(4)7(9)10-2/h3H,1-2H3. The number of thiophene rings is 1. The van der Waals surface area contributed by atoms with Gasteiger partial charge in [0.05, 0.1) is 11.3 Å². The lowest BCUT2D eigenvalue weighted by Crippen LogP contribution is -1.99. The van der Waals surface area contributed by atoms with E-state index in [4.69, 9.17) is 10.7 Å². The Hall–Kier alpha value is -0.190. The van der Waals surface area contributed by atoms with Crippen molar-refractivity contribution in [3.63, 3.8) is 0 Å². The Bertz CT molecular complexity index is 296. The number of halogens is 1. The van der Waals surface area contributed by atoms with Gasteiger partial charge in [0.15, 0.2) is 0 Å². The van der Waals surface area contributed by atoms with Crippen molar-refractivity contribution < 1.29 is 9.53 Å². The van der Waals surface area contributed by atoms with Crippen molar-refractivity contribution in [2.75, 3.05) is 7.11 Å². The molecule has 0 unspecified atom stereocenters. The fourth-order valence-corrected chi connectivity index (χ4v) is 2.62. The van der Waals surface area contributed by atoms with E-state index in [1.54, 1.807) is 0 Å². The predicted molar refractivity (Wildman–Crippen MR) is 52.1 cm³/mol. The van der Waals surface area contributed by atoms with Gasteiger partial charge in [0, 0.05) is 0 Å². The number of hydrogen-bond donors (Lipinski definition) is 0. The van der Waals surface area contributed by atoms with Gasteiger partial charge in [-0.2, -0.15) is 0 Å². The third kappa shape index (κ3) is 1.94. The molecule has 0 radical (unpaired) electrons. The monoisotopic (exact) mass is 222 g/mol. The maximum absolute atomic E-state index is 11.1. The van der Waals surface area contributed by atoms with Gasteiger partial charge in [0.1, 0.15) is 4.88 Å². The molecule has 0 N–H and O–H groups in total. The predicted octanol–water partition coefficient (Wildman–Crippen LogP) is 3.09. The minimum absolute atomic E-state index is 0.297. The molecule has 1 aromatic heterocycles. The normalized spacial score (nSPS) is 9.92. The Morgan fingerprint density at radius 1 is 1.75 bits per heavy atom. The van der Waals surface area contributed by atoms with E-state index in [1.807, 2.05) is 13.0 Å². The van der Waals surface area contributed by atoms with Gasteiger partial charge in [-0.1, -0.05) is 0 Å². The van der Waals surface area contributed by atoms with Crippen LogP contribution in [0.3, 0.4) is 0 Å².